The molecule has 106 valence electrons. The van der Waals surface area contributed by atoms with Crippen molar-refractivity contribution in [1.29, 1.82) is 0 Å². The summed E-state index contributed by atoms with van der Waals surface area (Å²) in [5, 5.41) is 10.1. The van der Waals surface area contributed by atoms with E-state index >= 15 is 0 Å². The summed E-state index contributed by atoms with van der Waals surface area (Å²) in [4.78, 5) is 6.76. The SMILES string of the molecule is CCC(N)C(c1ccccn1)N1CCC(C)C(O)C1. The van der Waals surface area contributed by atoms with E-state index in [1.807, 2.05) is 24.4 Å². The van der Waals surface area contributed by atoms with Gasteiger partial charge in [-0.2, -0.15) is 0 Å². The molecule has 0 radical (unpaired) electrons. The fraction of sp³-hybridized carbons (Fsp3) is 0.667. The molecule has 1 saturated heterocycles. The van der Waals surface area contributed by atoms with Crippen LogP contribution in [0.5, 0.6) is 0 Å². The second-order valence-electron chi connectivity index (χ2n) is 5.60. The van der Waals surface area contributed by atoms with Crippen molar-refractivity contribution in [2.75, 3.05) is 13.1 Å². The van der Waals surface area contributed by atoms with Crippen LogP contribution in [0.15, 0.2) is 24.4 Å². The van der Waals surface area contributed by atoms with Gasteiger partial charge in [0.2, 0.25) is 0 Å². The number of nitrogens with two attached hydrogens (primary N) is 1. The first-order chi connectivity index (χ1) is 9.13. The van der Waals surface area contributed by atoms with Crippen LogP contribution in [0.3, 0.4) is 0 Å². The van der Waals surface area contributed by atoms with Gasteiger partial charge in [-0.1, -0.05) is 19.9 Å². The van der Waals surface area contributed by atoms with Gasteiger partial charge in [-0.05, 0) is 37.4 Å². The van der Waals surface area contributed by atoms with Gasteiger partial charge in [-0.3, -0.25) is 9.88 Å². The molecule has 4 unspecified atom stereocenters. The summed E-state index contributed by atoms with van der Waals surface area (Å²) < 4.78 is 0. The average Bonchev–Trinajstić information content (AvgIpc) is 2.44. The third-order valence-electron chi connectivity index (χ3n) is 4.21. The molecule has 19 heavy (non-hydrogen) atoms. The van der Waals surface area contributed by atoms with Crippen molar-refractivity contribution in [3.05, 3.63) is 30.1 Å². The molecule has 0 spiro atoms. The zero-order chi connectivity index (χ0) is 13.8. The summed E-state index contributed by atoms with van der Waals surface area (Å²) >= 11 is 0. The van der Waals surface area contributed by atoms with Crippen LogP contribution in [-0.4, -0.2) is 40.2 Å². The number of likely N-dealkylation sites (tertiary alicyclic amines) is 1. The van der Waals surface area contributed by atoms with Crippen LogP contribution >= 0.6 is 0 Å². The Balaban J connectivity index is 2.19. The molecule has 0 bridgehead atoms. The second-order valence-corrected chi connectivity index (χ2v) is 5.60. The molecule has 4 atom stereocenters. The highest BCUT2D eigenvalue weighted by molar-refractivity contribution is 5.12. The van der Waals surface area contributed by atoms with Crippen molar-refractivity contribution < 1.29 is 5.11 Å². The quantitative estimate of drug-likeness (QED) is 0.865. The number of hydrogen-bond donors (Lipinski definition) is 2. The van der Waals surface area contributed by atoms with Crippen LogP contribution in [0, 0.1) is 5.92 Å². The second kappa shape index (κ2) is 6.46. The first kappa shape index (κ1) is 14.4. The van der Waals surface area contributed by atoms with Gasteiger partial charge >= 0.3 is 0 Å². The van der Waals surface area contributed by atoms with Gasteiger partial charge in [0.05, 0.1) is 17.8 Å². The number of β-amino-alcohol motifs (C(OH)–C–C–N with tert-alkyl or cyclic N) is 1. The van der Waals surface area contributed by atoms with E-state index in [-0.39, 0.29) is 18.2 Å². The minimum atomic E-state index is -0.260. The number of piperidine rings is 1. The molecule has 1 aliphatic rings. The molecular formula is C15H25N3O. The topological polar surface area (TPSA) is 62.4 Å². The summed E-state index contributed by atoms with van der Waals surface area (Å²) in [6.45, 7) is 5.88. The molecule has 0 amide bonds. The molecule has 1 aliphatic heterocycles. The number of pyridine rings is 1. The Kier molecular flexibility index (Phi) is 4.91. The molecule has 4 heteroatoms. The van der Waals surface area contributed by atoms with Crippen LogP contribution in [0.1, 0.15) is 38.4 Å². The van der Waals surface area contributed by atoms with Crippen LogP contribution in [0.2, 0.25) is 0 Å². The molecule has 2 heterocycles. The van der Waals surface area contributed by atoms with Gasteiger partial charge in [0.25, 0.3) is 0 Å². The van der Waals surface area contributed by atoms with E-state index in [0.29, 0.717) is 12.5 Å². The van der Waals surface area contributed by atoms with Crippen molar-refractivity contribution in [3.63, 3.8) is 0 Å². The fourth-order valence-electron chi connectivity index (χ4n) is 2.78. The normalized spacial score (nSPS) is 28.0. The number of nitrogens with zero attached hydrogens (tertiary/aromatic N) is 2. The van der Waals surface area contributed by atoms with E-state index in [2.05, 4.69) is 23.7 Å². The molecule has 0 aromatic carbocycles. The lowest BCUT2D eigenvalue weighted by atomic mass is 9.92. The zero-order valence-electron chi connectivity index (χ0n) is 11.9. The van der Waals surface area contributed by atoms with E-state index in [9.17, 15) is 5.11 Å². The van der Waals surface area contributed by atoms with Crippen molar-refractivity contribution in [2.45, 2.75) is 44.9 Å². The van der Waals surface area contributed by atoms with E-state index < -0.39 is 0 Å². The summed E-state index contributed by atoms with van der Waals surface area (Å²) in [6, 6.07) is 6.11. The smallest absolute Gasteiger partial charge is 0.0693 e. The predicted octanol–water partition coefficient (Wildman–Crippen LogP) is 1.56. The van der Waals surface area contributed by atoms with Crippen LogP contribution < -0.4 is 5.73 Å². The maximum atomic E-state index is 10.1. The molecule has 1 aromatic heterocycles. The van der Waals surface area contributed by atoms with Gasteiger partial charge < -0.3 is 10.8 Å². The molecule has 2 rings (SSSR count). The number of aliphatic hydroxyl groups excluding tert-OH is 1. The van der Waals surface area contributed by atoms with Crippen molar-refractivity contribution in [1.82, 2.24) is 9.88 Å². The Morgan fingerprint density at radius 2 is 2.32 bits per heavy atom. The molecule has 0 aliphatic carbocycles. The average molecular weight is 263 g/mol. The zero-order valence-corrected chi connectivity index (χ0v) is 11.9. The molecule has 1 aromatic rings. The van der Waals surface area contributed by atoms with Crippen molar-refractivity contribution >= 4 is 0 Å². The number of aromatic nitrogens is 1. The van der Waals surface area contributed by atoms with Crippen molar-refractivity contribution in [3.8, 4) is 0 Å². The fourth-order valence-corrected chi connectivity index (χ4v) is 2.78. The van der Waals surface area contributed by atoms with E-state index in [0.717, 1.165) is 25.1 Å². The maximum absolute atomic E-state index is 10.1. The first-order valence-corrected chi connectivity index (χ1v) is 7.22. The lowest BCUT2D eigenvalue weighted by Gasteiger charge is -2.41. The molecule has 4 nitrogen and oxygen atoms in total. The summed E-state index contributed by atoms with van der Waals surface area (Å²) in [5.41, 5.74) is 7.31. The van der Waals surface area contributed by atoms with Crippen LogP contribution in [-0.2, 0) is 0 Å². The van der Waals surface area contributed by atoms with Gasteiger partial charge in [0, 0.05) is 18.8 Å². The minimum absolute atomic E-state index is 0.0514. The van der Waals surface area contributed by atoms with Gasteiger partial charge in [-0.25, -0.2) is 0 Å². The van der Waals surface area contributed by atoms with Gasteiger partial charge in [0.1, 0.15) is 0 Å². The molecule has 3 N–H and O–H groups in total. The molecule has 0 saturated carbocycles. The highest BCUT2D eigenvalue weighted by atomic mass is 16.3. The number of rotatable bonds is 4. The third kappa shape index (κ3) is 3.32. The monoisotopic (exact) mass is 263 g/mol. The van der Waals surface area contributed by atoms with Crippen LogP contribution in [0.25, 0.3) is 0 Å². The predicted molar refractivity (Wildman–Crippen MR) is 76.6 cm³/mol. The molecular weight excluding hydrogens is 238 g/mol. The highest BCUT2D eigenvalue weighted by Gasteiger charge is 2.32. The minimum Gasteiger partial charge on any atom is -0.392 e. The maximum Gasteiger partial charge on any atom is 0.0693 e. The van der Waals surface area contributed by atoms with Crippen molar-refractivity contribution in [2.24, 2.45) is 11.7 Å². The van der Waals surface area contributed by atoms with Gasteiger partial charge in [0.15, 0.2) is 0 Å². The Labute approximate surface area is 115 Å². The summed E-state index contributed by atoms with van der Waals surface area (Å²) in [6.07, 6.45) is 3.47. The third-order valence-corrected chi connectivity index (χ3v) is 4.21. The Morgan fingerprint density at radius 1 is 1.53 bits per heavy atom. The largest absolute Gasteiger partial charge is 0.392 e. The summed E-state index contributed by atoms with van der Waals surface area (Å²) in [5.74, 6) is 0.374. The standard InChI is InChI=1S/C15H25N3O/c1-3-12(16)15(13-6-4-5-8-17-13)18-9-7-11(2)14(19)10-18/h4-6,8,11-12,14-15,19H,3,7,9-10,16H2,1-2H3. The van der Waals surface area contributed by atoms with E-state index in [4.69, 9.17) is 5.73 Å². The lowest BCUT2D eigenvalue weighted by molar-refractivity contribution is 0.00308. The number of hydrogen-bond acceptors (Lipinski definition) is 4. The van der Waals surface area contributed by atoms with Crippen LogP contribution in [0.4, 0.5) is 0 Å². The Hall–Kier alpha value is -0.970. The summed E-state index contributed by atoms with van der Waals surface area (Å²) in [7, 11) is 0. The Bertz CT molecular complexity index is 384. The Morgan fingerprint density at radius 3 is 2.89 bits per heavy atom. The van der Waals surface area contributed by atoms with E-state index in [1.165, 1.54) is 0 Å². The first-order valence-electron chi connectivity index (χ1n) is 7.22. The number of aliphatic hydroxyl groups is 1. The highest BCUT2D eigenvalue weighted by Crippen LogP contribution is 2.28. The lowest BCUT2D eigenvalue weighted by Crippen LogP contribution is -2.49. The molecule has 1 fully saturated rings. The van der Waals surface area contributed by atoms with Gasteiger partial charge in [-0.15, -0.1) is 0 Å². The van der Waals surface area contributed by atoms with E-state index in [1.54, 1.807) is 0 Å².